The van der Waals surface area contributed by atoms with E-state index in [2.05, 4.69) is 21.5 Å². The number of ether oxygens (including phenoxy) is 2. The molecule has 11 nitrogen and oxygen atoms in total. The maximum atomic E-state index is 13.8. The molecule has 2 aromatic carbocycles. The molecule has 1 aliphatic rings. The number of imide groups is 1. The zero-order chi connectivity index (χ0) is 26.6. The Kier molecular flexibility index (Phi) is 7.22. The Morgan fingerprint density at radius 3 is 2.26 bits per heavy atom. The molecule has 1 aliphatic heterocycles. The van der Waals surface area contributed by atoms with Gasteiger partial charge in [0.1, 0.15) is 18.9 Å². The Bertz CT molecular complexity index is 1410. The molecule has 3 heterocycles. The van der Waals surface area contributed by atoms with Crippen LogP contribution in [0.25, 0.3) is 11.2 Å². The number of fused-ring (bicyclic) bond motifs is 1. The number of aliphatic hydroxyl groups excluding tert-OH is 2. The Morgan fingerprint density at radius 2 is 1.71 bits per heavy atom. The minimum Gasteiger partial charge on any atom is -0.459 e. The second-order valence-electron chi connectivity index (χ2n) is 8.55. The zero-order valence-corrected chi connectivity index (χ0v) is 20.3. The van der Waals surface area contributed by atoms with Crippen LogP contribution in [0.15, 0.2) is 79.6 Å². The summed E-state index contributed by atoms with van der Waals surface area (Å²) < 4.78 is 13.0. The summed E-state index contributed by atoms with van der Waals surface area (Å²) >= 11 is 0. The number of hydrogen-bond donors (Lipinski definition) is 2. The van der Waals surface area contributed by atoms with Crippen molar-refractivity contribution in [2.45, 2.75) is 24.9 Å². The smallest absolute Gasteiger partial charge is 0.320 e. The van der Waals surface area contributed by atoms with Crippen molar-refractivity contribution in [3.05, 3.63) is 90.8 Å². The average Bonchev–Trinajstić information content (AvgIpc) is 3.55. The van der Waals surface area contributed by atoms with Crippen molar-refractivity contribution in [2.24, 2.45) is 0 Å². The lowest BCUT2D eigenvalue weighted by atomic mass is 10.1. The van der Waals surface area contributed by atoms with Gasteiger partial charge in [-0.3, -0.25) is 14.2 Å². The molecule has 1 fully saturated rings. The fraction of sp³-hybridized carbons (Fsp3) is 0.222. The van der Waals surface area contributed by atoms with Gasteiger partial charge in [-0.15, -0.1) is 0 Å². The molecule has 38 heavy (non-hydrogen) atoms. The summed E-state index contributed by atoms with van der Waals surface area (Å²) in [6.07, 6.45) is 0.742. The summed E-state index contributed by atoms with van der Waals surface area (Å²) in [5, 5.41) is 19.8. The summed E-state index contributed by atoms with van der Waals surface area (Å²) in [6, 6.07) is 16.6. The number of carbonyl (C=O) groups is 2. The summed E-state index contributed by atoms with van der Waals surface area (Å²) in [5.74, 6) is -1.30. The van der Waals surface area contributed by atoms with Gasteiger partial charge in [-0.2, -0.15) is 9.97 Å². The van der Waals surface area contributed by atoms with Crippen molar-refractivity contribution in [2.75, 3.05) is 18.1 Å². The molecule has 0 unspecified atom stereocenters. The molecule has 11 heteroatoms. The molecule has 2 aromatic heterocycles. The highest BCUT2D eigenvalue weighted by Gasteiger charge is 2.37. The van der Waals surface area contributed by atoms with Gasteiger partial charge in [0, 0.05) is 17.5 Å². The normalized spacial score (nSPS) is 18.8. The first kappa shape index (κ1) is 25.2. The minimum absolute atomic E-state index is 0.0730. The van der Waals surface area contributed by atoms with E-state index in [1.54, 1.807) is 65.2 Å². The number of anilines is 1. The van der Waals surface area contributed by atoms with Crippen molar-refractivity contribution < 1.29 is 29.3 Å². The molecular weight excluding hydrogens is 490 g/mol. The van der Waals surface area contributed by atoms with Crippen LogP contribution in [0.4, 0.5) is 5.82 Å². The van der Waals surface area contributed by atoms with Crippen LogP contribution in [0.1, 0.15) is 33.4 Å². The SMILES string of the molecule is C=CCOc1nc(N(C(=O)c2ccccc2)C(=O)c2ccccc2)c2ncn([C@H]3C[C@H](O)[C@@H](CO)O3)c2n1. The van der Waals surface area contributed by atoms with Gasteiger partial charge in [-0.1, -0.05) is 49.1 Å². The number of rotatable bonds is 8. The Balaban J connectivity index is 1.68. The maximum Gasteiger partial charge on any atom is 0.320 e. The monoisotopic (exact) mass is 515 g/mol. The lowest BCUT2D eigenvalue weighted by molar-refractivity contribution is -0.0432. The molecule has 2 amide bonds. The molecule has 3 atom stereocenters. The average molecular weight is 516 g/mol. The molecular formula is C27H25N5O6. The summed E-state index contributed by atoms with van der Waals surface area (Å²) in [7, 11) is 0. The molecule has 194 valence electrons. The number of carbonyl (C=O) groups excluding carboxylic acids is 2. The van der Waals surface area contributed by atoms with Crippen LogP contribution in [0, 0.1) is 0 Å². The number of aromatic nitrogens is 4. The number of amides is 2. The van der Waals surface area contributed by atoms with E-state index < -0.39 is 30.3 Å². The topological polar surface area (TPSA) is 140 Å². The molecule has 2 N–H and O–H groups in total. The van der Waals surface area contributed by atoms with Crippen LogP contribution >= 0.6 is 0 Å². The number of aliphatic hydroxyl groups is 2. The van der Waals surface area contributed by atoms with Crippen LogP contribution in [0.3, 0.4) is 0 Å². The van der Waals surface area contributed by atoms with Crippen LogP contribution in [0.2, 0.25) is 0 Å². The highest BCUT2D eigenvalue weighted by molar-refractivity contribution is 6.27. The van der Waals surface area contributed by atoms with Gasteiger partial charge >= 0.3 is 6.01 Å². The first-order valence-electron chi connectivity index (χ1n) is 11.9. The van der Waals surface area contributed by atoms with Crippen molar-refractivity contribution in [1.82, 2.24) is 19.5 Å². The standard InChI is InChI=1S/C27H25N5O6/c1-2-13-37-27-29-23-22(28-16-31(23)21-14-19(34)20(15-33)38-21)24(30-27)32(25(35)17-9-5-3-6-10-17)26(36)18-11-7-4-8-12-18/h2-12,16,19-21,33-34H,1,13-15H2/t19-,20+,21+/m0/s1. The largest absolute Gasteiger partial charge is 0.459 e. The predicted molar refractivity (Wildman–Crippen MR) is 137 cm³/mol. The van der Waals surface area contributed by atoms with E-state index in [9.17, 15) is 19.8 Å². The van der Waals surface area contributed by atoms with E-state index in [1.807, 2.05) is 0 Å². The quantitative estimate of drug-likeness (QED) is 0.268. The number of imidazole rings is 1. The van der Waals surface area contributed by atoms with E-state index in [-0.39, 0.29) is 53.8 Å². The number of benzene rings is 2. The van der Waals surface area contributed by atoms with Gasteiger partial charge in [-0.05, 0) is 24.3 Å². The lowest BCUT2D eigenvalue weighted by Gasteiger charge is -2.21. The van der Waals surface area contributed by atoms with Crippen molar-refractivity contribution in [3.8, 4) is 6.01 Å². The number of hydrogen-bond acceptors (Lipinski definition) is 9. The van der Waals surface area contributed by atoms with Gasteiger partial charge in [0.25, 0.3) is 11.8 Å². The highest BCUT2D eigenvalue weighted by atomic mass is 16.5. The number of nitrogens with zero attached hydrogens (tertiary/aromatic N) is 5. The summed E-state index contributed by atoms with van der Waals surface area (Å²) in [6.45, 7) is 3.35. The lowest BCUT2D eigenvalue weighted by Crippen LogP contribution is -2.38. The molecule has 0 bridgehead atoms. The third-order valence-corrected chi connectivity index (χ3v) is 6.07. The molecule has 4 aromatic rings. The molecule has 0 radical (unpaired) electrons. The Labute approximate surface area is 217 Å². The molecule has 0 aliphatic carbocycles. The molecule has 1 saturated heterocycles. The fourth-order valence-corrected chi connectivity index (χ4v) is 4.20. The first-order chi connectivity index (χ1) is 18.5. The van der Waals surface area contributed by atoms with Gasteiger partial charge in [-0.25, -0.2) is 9.88 Å². The second-order valence-corrected chi connectivity index (χ2v) is 8.55. The van der Waals surface area contributed by atoms with Gasteiger partial charge in [0.15, 0.2) is 17.0 Å². The van der Waals surface area contributed by atoms with E-state index in [1.165, 1.54) is 12.4 Å². The van der Waals surface area contributed by atoms with E-state index >= 15 is 0 Å². The maximum absolute atomic E-state index is 13.8. The van der Waals surface area contributed by atoms with Crippen molar-refractivity contribution in [3.63, 3.8) is 0 Å². The summed E-state index contributed by atoms with van der Waals surface area (Å²) in [4.78, 5) is 41.8. The van der Waals surface area contributed by atoms with Gasteiger partial charge in [0.05, 0.1) is 19.0 Å². The molecule has 0 spiro atoms. The molecule has 0 saturated carbocycles. The Morgan fingerprint density at radius 1 is 1.08 bits per heavy atom. The molecule has 5 rings (SSSR count). The van der Waals surface area contributed by atoms with Crippen LogP contribution in [-0.4, -0.2) is 67.0 Å². The minimum atomic E-state index is -0.893. The summed E-state index contributed by atoms with van der Waals surface area (Å²) in [5.41, 5.74) is 0.903. The fourth-order valence-electron chi connectivity index (χ4n) is 4.20. The van der Waals surface area contributed by atoms with E-state index in [4.69, 9.17) is 9.47 Å². The van der Waals surface area contributed by atoms with Crippen LogP contribution in [-0.2, 0) is 4.74 Å². The van der Waals surface area contributed by atoms with E-state index in [0.717, 1.165) is 4.90 Å². The van der Waals surface area contributed by atoms with Crippen LogP contribution < -0.4 is 9.64 Å². The van der Waals surface area contributed by atoms with Gasteiger partial charge in [0.2, 0.25) is 0 Å². The zero-order valence-electron chi connectivity index (χ0n) is 20.3. The van der Waals surface area contributed by atoms with Gasteiger partial charge < -0.3 is 19.7 Å². The third-order valence-electron chi connectivity index (χ3n) is 6.07. The third kappa shape index (κ3) is 4.77. The second kappa shape index (κ2) is 10.9. The highest BCUT2D eigenvalue weighted by Crippen LogP contribution is 2.34. The Hall–Kier alpha value is -4.45. The van der Waals surface area contributed by atoms with Crippen LogP contribution in [0.5, 0.6) is 6.01 Å². The van der Waals surface area contributed by atoms with Crippen molar-refractivity contribution >= 4 is 28.8 Å². The van der Waals surface area contributed by atoms with E-state index in [0.29, 0.717) is 0 Å². The van der Waals surface area contributed by atoms with Crippen molar-refractivity contribution in [1.29, 1.82) is 0 Å². The predicted octanol–water partition coefficient (Wildman–Crippen LogP) is 2.52. The first-order valence-corrected chi connectivity index (χ1v) is 11.9.